The summed E-state index contributed by atoms with van der Waals surface area (Å²) < 4.78 is 30.8. The topological polar surface area (TPSA) is 79.2 Å². The van der Waals surface area contributed by atoms with Crippen LogP contribution in [0, 0.1) is 17.2 Å². The van der Waals surface area contributed by atoms with Gasteiger partial charge in [0.2, 0.25) is 10.0 Å². The molecule has 0 heterocycles. The molecule has 2 aromatic rings. The minimum atomic E-state index is -3.32. The summed E-state index contributed by atoms with van der Waals surface area (Å²) in [5.74, 6) is 1.47. The standard InChI is InChI=1S/C22H22N2O3S/c1-27-17-10-11-18-19(12-17)20(13-23)22(21(18)14-4-3-5-14)15-6-8-16(9-7-15)24-28(2,25)26/h6-12,14,21,24H,3-5H2,1-2H3. The zero-order chi connectivity index (χ0) is 19.9. The van der Waals surface area contributed by atoms with E-state index < -0.39 is 10.0 Å². The van der Waals surface area contributed by atoms with Crippen LogP contribution in [0.4, 0.5) is 5.69 Å². The van der Waals surface area contributed by atoms with Crippen LogP contribution in [-0.4, -0.2) is 21.8 Å². The molecule has 0 spiro atoms. The van der Waals surface area contributed by atoms with Crippen LogP contribution in [0.3, 0.4) is 0 Å². The predicted octanol–water partition coefficient (Wildman–Crippen LogP) is 4.40. The van der Waals surface area contributed by atoms with Crippen molar-refractivity contribution in [2.45, 2.75) is 25.2 Å². The lowest BCUT2D eigenvalue weighted by Crippen LogP contribution is -2.20. The van der Waals surface area contributed by atoms with Gasteiger partial charge in [-0.2, -0.15) is 5.26 Å². The molecule has 0 radical (unpaired) electrons. The molecule has 2 aromatic carbocycles. The van der Waals surface area contributed by atoms with Crippen molar-refractivity contribution in [2.75, 3.05) is 18.1 Å². The van der Waals surface area contributed by atoms with Crippen LogP contribution in [0.5, 0.6) is 5.75 Å². The van der Waals surface area contributed by atoms with Gasteiger partial charge in [0, 0.05) is 17.2 Å². The van der Waals surface area contributed by atoms with E-state index in [4.69, 9.17) is 4.74 Å². The van der Waals surface area contributed by atoms with E-state index in [1.807, 2.05) is 24.3 Å². The molecule has 0 aliphatic heterocycles. The number of hydrogen-bond acceptors (Lipinski definition) is 4. The number of nitrogens with one attached hydrogen (secondary N) is 1. The molecule has 1 fully saturated rings. The number of methoxy groups -OCH3 is 1. The summed E-state index contributed by atoms with van der Waals surface area (Å²) in [7, 11) is -1.69. The average Bonchev–Trinajstić information content (AvgIpc) is 2.93. The van der Waals surface area contributed by atoms with E-state index in [1.165, 1.54) is 12.0 Å². The van der Waals surface area contributed by atoms with Gasteiger partial charge in [0.1, 0.15) is 11.8 Å². The Morgan fingerprint density at radius 2 is 1.86 bits per heavy atom. The summed E-state index contributed by atoms with van der Waals surface area (Å²) in [4.78, 5) is 0. The van der Waals surface area contributed by atoms with Crippen molar-refractivity contribution in [1.82, 2.24) is 0 Å². The van der Waals surface area contributed by atoms with Gasteiger partial charge in [0.15, 0.2) is 0 Å². The van der Waals surface area contributed by atoms with Crippen LogP contribution in [0.15, 0.2) is 42.5 Å². The van der Waals surface area contributed by atoms with E-state index in [-0.39, 0.29) is 5.92 Å². The molecule has 2 aliphatic rings. The first-order valence-corrected chi connectivity index (χ1v) is 11.2. The third-order valence-corrected chi connectivity index (χ3v) is 6.28. The highest BCUT2D eigenvalue weighted by atomic mass is 32.2. The minimum Gasteiger partial charge on any atom is -0.497 e. The number of rotatable bonds is 5. The van der Waals surface area contributed by atoms with Crippen molar-refractivity contribution in [3.63, 3.8) is 0 Å². The SMILES string of the molecule is COc1ccc2c(c1)C(C#N)=C(c1ccc(NS(C)(=O)=O)cc1)C2C1CCC1. The second kappa shape index (κ2) is 6.99. The first-order chi connectivity index (χ1) is 13.4. The zero-order valence-corrected chi connectivity index (χ0v) is 16.7. The molecule has 1 atom stereocenters. The molecule has 0 saturated heterocycles. The molecule has 6 heteroatoms. The Bertz CT molecular complexity index is 1090. The number of allylic oxidation sites excluding steroid dienone is 2. The van der Waals surface area contributed by atoms with Crippen LogP contribution >= 0.6 is 0 Å². The van der Waals surface area contributed by atoms with Gasteiger partial charge in [-0.25, -0.2) is 8.42 Å². The van der Waals surface area contributed by atoms with E-state index in [0.29, 0.717) is 17.2 Å². The number of nitrogens with zero attached hydrogens (tertiary/aromatic N) is 1. The van der Waals surface area contributed by atoms with E-state index in [2.05, 4.69) is 16.9 Å². The Kier molecular flexibility index (Phi) is 4.64. The minimum absolute atomic E-state index is 0.193. The number of fused-ring (bicyclic) bond motifs is 1. The molecule has 1 saturated carbocycles. The number of nitriles is 1. The largest absolute Gasteiger partial charge is 0.497 e. The molecule has 0 amide bonds. The predicted molar refractivity (Wildman–Crippen MR) is 110 cm³/mol. The maximum atomic E-state index is 11.5. The molecule has 0 bridgehead atoms. The quantitative estimate of drug-likeness (QED) is 0.815. The molecule has 1 N–H and O–H groups in total. The lowest BCUT2D eigenvalue weighted by Gasteiger charge is -2.34. The smallest absolute Gasteiger partial charge is 0.229 e. The summed E-state index contributed by atoms with van der Waals surface area (Å²) in [6.07, 6.45) is 4.67. The number of benzene rings is 2. The third-order valence-electron chi connectivity index (χ3n) is 5.68. The van der Waals surface area contributed by atoms with Crippen LogP contribution in [0.2, 0.25) is 0 Å². The fourth-order valence-corrected chi connectivity index (χ4v) is 4.81. The Morgan fingerprint density at radius 3 is 2.39 bits per heavy atom. The molecule has 144 valence electrons. The van der Waals surface area contributed by atoms with E-state index >= 15 is 0 Å². The Labute approximate surface area is 165 Å². The van der Waals surface area contributed by atoms with Crippen molar-refractivity contribution in [2.24, 2.45) is 5.92 Å². The first kappa shape index (κ1) is 18.6. The second-order valence-electron chi connectivity index (χ2n) is 7.47. The van der Waals surface area contributed by atoms with Gasteiger partial charge in [-0.3, -0.25) is 4.72 Å². The number of ether oxygens (including phenoxy) is 1. The number of sulfonamides is 1. The van der Waals surface area contributed by atoms with Crippen molar-refractivity contribution >= 4 is 26.9 Å². The highest BCUT2D eigenvalue weighted by Gasteiger charge is 2.39. The maximum absolute atomic E-state index is 11.5. The molecule has 2 aliphatic carbocycles. The molecule has 5 nitrogen and oxygen atoms in total. The second-order valence-corrected chi connectivity index (χ2v) is 9.22. The summed E-state index contributed by atoms with van der Waals surface area (Å²) in [6.45, 7) is 0. The van der Waals surface area contributed by atoms with Crippen LogP contribution in [0.25, 0.3) is 11.1 Å². The highest BCUT2D eigenvalue weighted by molar-refractivity contribution is 7.92. The first-order valence-electron chi connectivity index (χ1n) is 9.32. The Hall–Kier alpha value is -2.78. The van der Waals surface area contributed by atoms with Gasteiger partial charge in [-0.15, -0.1) is 0 Å². The van der Waals surface area contributed by atoms with E-state index in [9.17, 15) is 13.7 Å². The van der Waals surface area contributed by atoms with Crippen molar-refractivity contribution < 1.29 is 13.2 Å². The average molecular weight is 394 g/mol. The molecule has 1 unspecified atom stereocenters. The van der Waals surface area contributed by atoms with Crippen molar-refractivity contribution in [3.05, 3.63) is 59.2 Å². The fourth-order valence-electron chi connectivity index (χ4n) is 4.25. The molecule has 28 heavy (non-hydrogen) atoms. The maximum Gasteiger partial charge on any atom is 0.229 e. The van der Waals surface area contributed by atoms with Crippen molar-refractivity contribution in [1.29, 1.82) is 5.26 Å². The third kappa shape index (κ3) is 3.27. The Morgan fingerprint density at radius 1 is 1.14 bits per heavy atom. The number of hydrogen-bond donors (Lipinski definition) is 1. The zero-order valence-electron chi connectivity index (χ0n) is 15.9. The van der Waals surface area contributed by atoms with E-state index in [0.717, 1.165) is 41.5 Å². The van der Waals surface area contributed by atoms with Crippen molar-refractivity contribution in [3.8, 4) is 11.8 Å². The highest BCUT2D eigenvalue weighted by Crippen LogP contribution is 2.55. The molecule has 0 aromatic heterocycles. The normalized spacial score (nSPS) is 19.0. The number of anilines is 1. The lowest BCUT2D eigenvalue weighted by atomic mass is 9.70. The molecule has 4 rings (SSSR count). The summed E-state index contributed by atoms with van der Waals surface area (Å²) in [6, 6.07) is 15.7. The van der Waals surface area contributed by atoms with Crippen LogP contribution < -0.4 is 9.46 Å². The monoisotopic (exact) mass is 394 g/mol. The fraction of sp³-hybridized carbons (Fsp3) is 0.318. The van der Waals surface area contributed by atoms with Gasteiger partial charge >= 0.3 is 0 Å². The van der Waals surface area contributed by atoms with Gasteiger partial charge in [-0.1, -0.05) is 24.6 Å². The molecular formula is C22H22N2O3S. The van der Waals surface area contributed by atoms with E-state index in [1.54, 1.807) is 19.2 Å². The lowest BCUT2D eigenvalue weighted by molar-refractivity contribution is 0.294. The van der Waals surface area contributed by atoms with Gasteiger partial charge < -0.3 is 4.74 Å². The van der Waals surface area contributed by atoms with Crippen LogP contribution in [0.1, 0.15) is 41.9 Å². The van der Waals surface area contributed by atoms with Gasteiger partial charge in [0.05, 0.1) is 18.9 Å². The van der Waals surface area contributed by atoms with Crippen LogP contribution in [-0.2, 0) is 10.0 Å². The van der Waals surface area contributed by atoms with Gasteiger partial charge in [-0.05, 0) is 59.7 Å². The Balaban J connectivity index is 1.81. The summed E-state index contributed by atoms with van der Waals surface area (Å²) in [5.41, 5.74) is 5.35. The van der Waals surface area contributed by atoms with Gasteiger partial charge in [0.25, 0.3) is 0 Å². The summed E-state index contributed by atoms with van der Waals surface area (Å²) in [5, 5.41) is 9.97. The summed E-state index contributed by atoms with van der Waals surface area (Å²) >= 11 is 0. The molecular weight excluding hydrogens is 372 g/mol.